The molecule has 2 atom stereocenters. The third-order valence-electron chi connectivity index (χ3n) is 4.03. The molecule has 1 N–H and O–H groups in total. The second kappa shape index (κ2) is 5.48. The molecule has 2 rings (SSSR count). The van der Waals surface area contributed by atoms with Crippen molar-refractivity contribution in [2.45, 2.75) is 19.9 Å². The minimum Gasteiger partial charge on any atom is -0.339 e. The Morgan fingerprint density at radius 1 is 1.39 bits per heavy atom. The number of aromatic nitrogens is 1. The van der Waals surface area contributed by atoms with E-state index in [0.717, 1.165) is 18.7 Å². The van der Waals surface area contributed by atoms with E-state index < -0.39 is 0 Å². The van der Waals surface area contributed by atoms with Crippen LogP contribution in [0.25, 0.3) is 0 Å². The van der Waals surface area contributed by atoms with Gasteiger partial charge in [0.2, 0.25) is 5.91 Å². The normalized spacial score (nSPS) is 18.8. The van der Waals surface area contributed by atoms with Gasteiger partial charge in [0, 0.05) is 25.4 Å². The second-order valence-electron chi connectivity index (χ2n) is 5.11. The molecule has 0 aliphatic carbocycles. The van der Waals surface area contributed by atoms with Gasteiger partial charge in [-0.25, -0.2) is 0 Å². The van der Waals surface area contributed by atoms with Gasteiger partial charge in [0.15, 0.2) is 0 Å². The van der Waals surface area contributed by atoms with Crippen LogP contribution in [0.15, 0.2) is 24.5 Å². The van der Waals surface area contributed by atoms with Gasteiger partial charge < -0.3 is 10.2 Å². The molecule has 2 heterocycles. The van der Waals surface area contributed by atoms with E-state index in [-0.39, 0.29) is 17.9 Å². The number of nitrogens with one attached hydrogen (secondary N) is 1. The number of hydrogen-bond donors (Lipinski definition) is 1. The molecule has 1 fully saturated rings. The first-order chi connectivity index (χ1) is 8.61. The second-order valence-corrected chi connectivity index (χ2v) is 5.11. The zero-order valence-corrected chi connectivity index (χ0v) is 11.3. The van der Waals surface area contributed by atoms with Crippen molar-refractivity contribution in [1.29, 1.82) is 0 Å². The third-order valence-corrected chi connectivity index (χ3v) is 4.03. The highest BCUT2D eigenvalue weighted by atomic mass is 16.2. The number of pyridine rings is 1. The summed E-state index contributed by atoms with van der Waals surface area (Å²) in [5.74, 6) is 0.816. The van der Waals surface area contributed by atoms with Gasteiger partial charge in [-0.2, -0.15) is 0 Å². The highest BCUT2D eigenvalue weighted by molar-refractivity contribution is 5.79. The summed E-state index contributed by atoms with van der Waals surface area (Å²) in [6.07, 6.45) is 3.53. The molecule has 1 aromatic rings. The summed E-state index contributed by atoms with van der Waals surface area (Å²) in [5, 5.41) is 3.22. The minimum atomic E-state index is 0.0935. The Bertz CT molecular complexity index is 403. The summed E-state index contributed by atoms with van der Waals surface area (Å²) >= 11 is 0. The van der Waals surface area contributed by atoms with Gasteiger partial charge >= 0.3 is 0 Å². The van der Waals surface area contributed by atoms with Crippen LogP contribution in [0.3, 0.4) is 0 Å². The van der Waals surface area contributed by atoms with Gasteiger partial charge in [0.1, 0.15) is 0 Å². The maximum Gasteiger partial charge on any atom is 0.226 e. The fourth-order valence-corrected chi connectivity index (χ4v) is 2.24. The van der Waals surface area contributed by atoms with E-state index in [9.17, 15) is 4.79 Å². The molecule has 2 unspecified atom stereocenters. The molecule has 0 bridgehead atoms. The molecule has 1 aliphatic rings. The number of amides is 1. The third kappa shape index (κ3) is 2.53. The van der Waals surface area contributed by atoms with E-state index in [1.54, 1.807) is 12.4 Å². The van der Waals surface area contributed by atoms with Gasteiger partial charge in [-0.1, -0.05) is 6.92 Å². The van der Waals surface area contributed by atoms with Crippen LogP contribution in [0.4, 0.5) is 0 Å². The number of carbonyl (C=O) groups excluding carboxylic acids is 1. The Hall–Kier alpha value is -1.42. The van der Waals surface area contributed by atoms with Crippen LogP contribution in [0, 0.1) is 11.8 Å². The molecule has 0 saturated carbocycles. The first-order valence-corrected chi connectivity index (χ1v) is 6.48. The largest absolute Gasteiger partial charge is 0.339 e. The van der Waals surface area contributed by atoms with Crippen molar-refractivity contribution >= 4 is 5.91 Å². The van der Waals surface area contributed by atoms with E-state index in [0.29, 0.717) is 5.92 Å². The maximum atomic E-state index is 12.4. The molecule has 98 valence electrons. The standard InChI is InChI=1S/C14H21N3O/c1-10(13-8-16-9-13)14(18)17(3)11(2)12-4-6-15-7-5-12/h4-7,10-11,13,16H,8-9H2,1-3H3. The predicted octanol–water partition coefficient (Wildman–Crippen LogP) is 1.46. The highest BCUT2D eigenvalue weighted by Crippen LogP contribution is 2.24. The average Bonchev–Trinajstić information content (AvgIpc) is 2.35. The fourth-order valence-electron chi connectivity index (χ4n) is 2.24. The number of hydrogen-bond acceptors (Lipinski definition) is 3. The van der Waals surface area contributed by atoms with Gasteiger partial charge in [-0.05, 0) is 43.6 Å². The molecule has 4 nitrogen and oxygen atoms in total. The van der Waals surface area contributed by atoms with E-state index in [2.05, 4.69) is 17.2 Å². The van der Waals surface area contributed by atoms with E-state index in [1.807, 2.05) is 31.0 Å². The topological polar surface area (TPSA) is 45.2 Å². The molecule has 1 saturated heterocycles. The van der Waals surface area contributed by atoms with Crippen molar-refractivity contribution in [2.75, 3.05) is 20.1 Å². The first kappa shape index (κ1) is 13.0. The lowest BCUT2D eigenvalue weighted by Gasteiger charge is -2.35. The minimum absolute atomic E-state index is 0.0935. The molecular weight excluding hydrogens is 226 g/mol. The molecule has 1 aliphatic heterocycles. The molecule has 0 radical (unpaired) electrons. The van der Waals surface area contributed by atoms with Crippen LogP contribution < -0.4 is 5.32 Å². The molecule has 0 spiro atoms. The van der Waals surface area contributed by atoms with E-state index in [1.165, 1.54) is 0 Å². The zero-order chi connectivity index (χ0) is 13.1. The highest BCUT2D eigenvalue weighted by Gasteiger charge is 2.31. The summed E-state index contributed by atoms with van der Waals surface area (Å²) in [6, 6.07) is 4.02. The summed E-state index contributed by atoms with van der Waals surface area (Å²) in [4.78, 5) is 18.2. The Balaban J connectivity index is 2.01. The Labute approximate surface area is 108 Å². The molecular formula is C14H21N3O. The van der Waals surface area contributed by atoms with Gasteiger partial charge in [-0.15, -0.1) is 0 Å². The van der Waals surface area contributed by atoms with Crippen molar-refractivity contribution in [3.8, 4) is 0 Å². The molecule has 1 aromatic heterocycles. The van der Waals surface area contributed by atoms with E-state index >= 15 is 0 Å². The molecule has 18 heavy (non-hydrogen) atoms. The van der Waals surface area contributed by atoms with Gasteiger partial charge in [0.05, 0.1) is 6.04 Å². The van der Waals surface area contributed by atoms with Crippen molar-refractivity contribution in [3.63, 3.8) is 0 Å². The number of carbonyl (C=O) groups is 1. The summed E-state index contributed by atoms with van der Waals surface area (Å²) in [6.45, 7) is 6.01. The maximum absolute atomic E-state index is 12.4. The SMILES string of the molecule is CC(C(=O)N(C)C(C)c1ccncc1)C1CNC1. The van der Waals surface area contributed by atoms with E-state index in [4.69, 9.17) is 0 Å². The van der Waals surface area contributed by atoms with Crippen LogP contribution in [-0.4, -0.2) is 35.9 Å². The average molecular weight is 247 g/mol. The Morgan fingerprint density at radius 3 is 2.50 bits per heavy atom. The molecule has 4 heteroatoms. The van der Waals surface area contributed by atoms with Gasteiger partial charge in [-0.3, -0.25) is 9.78 Å². The Morgan fingerprint density at radius 2 is 2.00 bits per heavy atom. The monoisotopic (exact) mass is 247 g/mol. The molecule has 0 aromatic carbocycles. The number of nitrogens with zero attached hydrogens (tertiary/aromatic N) is 2. The van der Waals surface area contributed by atoms with Crippen LogP contribution in [0.2, 0.25) is 0 Å². The fraction of sp³-hybridized carbons (Fsp3) is 0.571. The number of rotatable bonds is 4. The van der Waals surface area contributed by atoms with Crippen LogP contribution in [0.1, 0.15) is 25.5 Å². The quantitative estimate of drug-likeness (QED) is 0.876. The van der Waals surface area contributed by atoms with Crippen LogP contribution in [-0.2, 0) is 4.79 Å². The van der Waals surface area contributed by atoms with Crippen molar-refractivity contribution in [1.82, 2.24) is 15.2 Å². The lowest BCUT2D eigenvalue weighted by atomic mass is 9.87. The Kier molecular flexibility index (Phi) is 3.97. The summed E-state index contributed by atoms with van der Waals surface area (Å²) in [7, 11) is 1.88. The van der Waals surface area contributed by atoms with Crippen molar-refractivity contribution in [2.24, 2.45) is 11.8 Å². The van der Waals surface area contributed by atoms with Crippen LogP contribution in [0.5, 0.6) is 0 Å². The van der Waals surface area contributed by atoms with Crippen molar-refractivity contribution in [3.05, 3.63) is 30.1 Å². The summed E-state index contributed by atoms with van der Waals surface area (Å²) in [5.41, 5.74) is 1.12. The van der Waals surface area contributed by atoms with Gasteiger partial charge in [0.25, 0.3) is 0 Å². The molecule has 1 amide bonds. The van der Waals surface area contributed by atoms with Crippen molar-refractivity contribution < 1.29 is 4.79 Å². The lowest BCUT2D eigenvalue weighted by Crippen LogP contribution is -2.50. The zero-order valence-electron chi connectivity index (χ0n) is 11.3. The van der Waals surface area contributed by atoms with Crippen LogP contribution >= 0.6 is 0 Å². The first-order valence-electron chi connectivity index (χ1n) is 6.48. The lowest BCUT2D eigenvalue weighted by molar-refractivity contribution is -0.138. The smallest absolute Gasteiger partial charge is 0.226 e. The predicted molar refractivity (Wildman–Crippen MR) is 70.9 cm³/mol. The summed E-state index contributed by atoms with van der Waals surface area (Å²) < 4.78 is 0.